The molecule has 0 unspecified atom stereocenters. The third kappa shape index (κ3) is 4.47. The summed E-state index contributed by atoms with van der Waals surface area (Å²) in [4.78, 5) is 20.0. The molecule has 0 bridgehead atoms. The lowest BCUT2D eigenvalue weighted by Gasteiger charge is -2.30. The van der Waals surface area contributed by atoms with Crippen molar-refractivity contribution in [1.82, 2.24) is 28.8 Å². The van der Waals surface area contributed by atoms with Gasteiger partial charge in [0.15, 0.2) is 5.69 Å². The summed E-state index contributed by atoms with van der Waals surface area (Å²) in [5.74, 6) is 0.592. The molecule has 0 radical (unpaired) electrons. The Kier molecular flexibility index (Phi) is 6.28. The van der Waals surface area contributed by atoms with Gasteiger partial charge in [-0.05, 0) is 60.7 Å². The van der Waals surface area contributed by atoms with E-state index < -0.39 is 11.9 Å². The zero-order chi connectivity index (χ0) is 28.2. The van der Waals surface area contributed by atoms with Crippen LogP contribution in [0.15, 0.2) is 61.2 Å². The Morgan fingerprint density at radius 3 is 2.50 bits per heavy atom. The van der Waals surface area contributed by atoms with Gasteiger partial charge in [0.1, 0.15) is 5.82 Å². The highest BCUT2D eigenvalue weighted by atomic mass is 19.4. The second kappa shape index (κ2) is 9.69. The topological polar surface area (TPSA) is 60.9 Å². The molecule has 0 spiro atoms. The van der Waals surface area contributed by atoms with Gasteiger partial charge in [-0.15, -0.1) is 0 Å². The summed E-state index contributed by atoms with van der Waals surface area (Å²) in [6.45, 7) is 5.97. The normalized spacial score (nSPS) is 13.8. The number of aryl methyl sites for hydroxylation is 3. The molecule has 2 aromatic carbocycles. The predicted octanol–water partition coefficient (Wildman–Crippen LogP) is 5.83. The van der Waals surface area contributed by atoms with E-state index in [-0.39, 0.29) is 11.5 Å². The molecule has 1 amide bonds. The molecular formula is C30H29F3N6O. The quantitative estimate of drug-likeness (QED) is 0.269. The van der Waals surface area contributed by atoms with Crippen molar-refractivity contribution in [2.45, 2.75) is 46.1 Å². The number of amides is 1. The minimum Gasteiger partial charge on any atom is -0.347 e. The van der Waals surface area contributed by atoms with Crippen LogP contribution < -0.4 is 0 Å². The molecule has 6 rings (SSSR count). The number of hydrogen-bond acceptors (Lipinski definition) is 3. The largest absolute Gasteiger partial charge is 0.435 e. The predicted molar refractivity (Wildman–Crippen MR) is 146 cm³/mol. The first kappa shape index (κ1) is 25.9. The van der Waals surface area contributed by atoms with Crippen LogP contribution in [0.25, 0.3) is 22.0 Å². The van der Waals surface area contributed by atoms with Crippen LogP contribution >= 0.6 is 0 Å². The van der Waals surface area contributed by atoms with Crippen molar-refractivity contribution < 1.29 is 18.0 Å². The number of para-hydroxylation sites is 1. The van der Waals surface area contributed by atoms with Crippen molar-refractivity contribution >= 4 is 16.8 Å². The second-order valence-corrected chi connectivity index (χ2v) is 10.3. The number of carbonyl (C=O) groups is 1. The number of nitrogens with zero attached hydrogens (tertiary/aromatic N) is 6. The molecule has 5 aromatic rings. The van der Waals surface area contributed by atoms with Gasteiger partial charge in [-0.3, -0.25) is 9.48 Å². The van der Waals surface area contributed by atoms with E-state index in [1.807, 2.05) is 35.9 Å². The average molecular weight is 547 g/mol. The first-order valence-electron chi connectivity index (χ1n) is 13.2. The van der Waals surface area contributed by atoms with Gasteiger partial charge in [0, 0.05) is 80.0 Å². The van der Waals surface area contributed by atoms with Gasteiger partial charge in [0.05, 0.1) is 0 Å². The van der Waals surface area contributed by atoms with Crippen molar-refractivity contribution in [3.8, 4) is 11.1 Å². The molecule has 0 saturated heterocycles. The van der Waals surface area contributed by atoms with Gasteiger partial charge in [-0.2, -0.15) is 18.3 Å². The van der Waals surface area contributed by atoms with Crippen LogP contribution in [0.4, 0.5) is 13.2 Å². The van der Waals surface area contributed by atoms with Crippen molar-refractivity contribution in [2.75, 3.05) is 6.54 Å². The SMILES string of the molecule is CCn1cc(CN2CCc3c(cc(Cn4ccnc4C)cc3-c3cn(C)nc3C(F)(F)F)C2=O)c2ccccc21. The number of alkyl halides is 3. The van der Waals surface area contributed by atoms with E-state index in [1.54, 1.807) is 17.2 Å². The van der Waals surface area contributed by atoms with Gasteiger partial charge in [-0.1, -0.05) is 18.2 Å². The van der Waals surface area contributed by atoms with Crippen LogP contribution in [0.5, 0.6) is 0 Å². The summed E-state index contributed by atoms with van der Waals surface area (Å²) in [5.41, 5.74) is 3.39. The summed E-state index contributed by atoms with van der Waals surface area (Å²) in [5, 5.41) is 4.83. The number of rotatable bonds is 6. The highest BCUT2D eigenvalue weighted by molar-refractivity contribution is 5.99. The maximum absolute atomic E-state index is 14.0. The minimum absolute atomic E-state index is 0.0114. The van der Waals surface area contributed by atoms with E-state index in [1.165, 1.54) is 17.9 Å². The van der Waals surface area contributed by atoms with Crippen molar-refractivity contribution in [1.29, 1.82) is 0 Å². The van der Waals surface area contributed by atoms with Crippen molar-refractivity contribution in [2.24, 2.45) is 7.05 Å². The van der Waals surface area contributed by atoms with Crippen LogP contribution in [0.1, 0.15) is 45.5 Å². The van der Waals surface area contributed by atoms with Crippen molar-refractivity contribution in [3.63, 3.8) is 0 Å². The van der Waals surface area contributed by atoms with Crippen LogP contribution in [0.3, 0.4) is 0 Å². The summed E-state index contributed by atoms with van der Waals surface area (Å²) < 4.78 is 47.3. The molecule has 0 fully saturated rings. The van der Waals surface area contributed by atoms with Crippen LogP contribution in [0.2, 0.25) is 0 Å². The summed E-state index contributed by atoms with van der Waals surface area (Å²) in [6, 6.07) is 11.7. The molecule has 0 saturated carbocycles. The average Bonchev–Trinajstić information content (AvgIpc) is 3.62. The Labute approximate surface area is 229 Å². The molecule has 10 heteroatoms. The number of hydrogen-bond donors (Lipinski definition) is 0. The standard InChI is InChI=1S/C30H29F3N6O/c1-4-37-16-21(22-7-5-6-8-27(22)37)17-39-11-9-23-24(26-18-36(3)35-28(26)30(31,32)33)13-20(14-25(23)29(39)40)15-38-12-10-34-19(38)2/h5-8,10,12-14,16,18H,4,9,11,15,17H2,1-3H3. The first-order valence-corrected chi connectivity index (χ1v) is 13.2. The van der Waals surface area contributed by atoms with Gasteiger partial charge in [-0.25, -0.2) is 4.98 Å². The molecule has 40 heavy (non-hydrogen) atoms. The number of aromatic nitrogens is 5. The lowest BCUT2D eigenvalue weighted by atomic mass is 9.88. The molecule has 0 aliphatic carbocycles. The Morgan fingerprint density at radius 1 is 1.00 bits per heavy atom. The van der Waals surface area contributed by atoms with Crippen LogP contribution in [-0.4, -0.2) is 41.3 Å². The number of imidazole rings is 1. The van der Waals surface area contributed by atoms with Gasteiger partial charge < -0.3 is 14.0 Å². The molecule has 3 aromatic heterocycles. The minimum atomic E-state index is -4.63. The Balaban J connectivity index is 1.45. The Bertz CT molecular complexity index is 1740. The second-order valence-electron chi connectivity index (χ2n) is 10.3. The maximum atomic E-state index is 14.0. The third-order valence-electron chi connectivity index (χ3n) is 7.70. The molecule has 0 N–H and O–H groups in total. The van der Waals surface area contributed by atoms with E-state index in [0.29, 0.717) is 42.7 Å². The van der Waals surface area contributed by atoms with Gasteiger partial charge in [0.25, 0.3) is 5.91 Å². The number of fused-ring (bicyclic) bond motifs is 2. The van der Waals surface area contributed by atoms with Gasteiger partial charge >= 0.3 is 6.18 Å². The highest BCUT2D eigenvalue weighted by Crippen LogP contribution is 2.40. The monoisotopic (exact) mass is 546 g/mol. The molecule has 7 nitrogen and oxygen atoms in total. The molecule has 4 heterocycles. The zero-order valence-corrected chi connectivity index (χ0v) is 22.5. The van der Waals surface area contributed by atoms with Crippen LogP contribution in [-0.2, 0) is 39.3 Å². The van der Waals surface area contributed by atoms with Crippen LogP contribution in [0, 0.1) is 6.92 Å². The van der Waals surface area contributed by atoms with E-state index >= 15 is 0 Å². The lowest BCUT2D eigenvalue weighted by molar-refractivity contribution is -0.140. The molecule has 1 aliphatic heterocycles. The summed E-state index contributed by atoms with van der Waals surface area (Å²) in [6.07, 6.45) is 2.79. The van der Waals surface area contributed by atoms with E-state index in [2.05, 4.69) is 39.9 Å². The van der Waals surface area contributed by atoms with E-state index in [9.17, 15) is 18.0 Å². The van der Waals surface area contributed by atoms with Gasteiger partial charge in [0.2, 0.25) is 0 Å². The number of carbonyl (C=O) groups excluding carboxylic acids is 1. The molecule has 206 valence electrons. The first-order chi connectivity index (χ1) is 19.1. The molecular weight excluding hydrogens is 517 g/mol. The fraction of sp³-hybridized carbons (Fsp3) is 0.300. The smallest absolute Gasteiger partial charge is 0.347 e. The number of benzene rings is 2. The lowest BCUT2D eigenvalue weighted by Crippen LogP contribution is -2.37. The zero-order valence-electron chi connectivity index (χ0n) is 22.5. The summed E-state index contributed by atoms with van der Waals surface area (Å²) >= 11 is 0. The van der Waals surface area contributed by atoms with E-state index in [0.717, 1.165) is 34.4 Å². The fourth-order valence-electron chi connectivity index (χ4n) is 5.77. The third-order valence-corrected chi connectivity index (χ3v) is 7.70. The molecule has 0 atom stereocenters. The maximum Gasteiger partial charge on any atom is 0.435 e. The highest BCUT2D eigenvalue weighted by Gasteiger charge is 2.39. The summed E-state index contributed by atoms with van der Waals surface area (Å²) in [7, 11) is 1.48. The van der Waals surface area contributed by atoms with Crippen molar-refractivity contribution in [3.05, 3.63) is 95.0 Å². The number of halogens is 3. The Hall–Kier alpha value is -4.34. The van der Waals surface area contributed by atoms with E-state index in [4.69, 9.17) is 0 Å². The Morgan fingerprint density at radius 2 is 1.77 bits per heavy atom. The fourth-order valence-corrected chi connectivity index (χ4v) is 5.77. The molecule has 1 aliphatic rings.